The topological polar surface area (TPSA) is 79.7 Å². The molecule has 2 aliphatic rings. The number of aliphatic hydroxyl groups excluding tert-OH is 1. The summed E-state index contributed by atoms with van der Waals surface area (Å²) >= 11 is 1.12. The van der Waals surface area contributed by atoms with Crippen LogP contribution in [0.2, 0.25) is 0 Å². The number of thiazole rings is 1. The minimum Gasteiger partial charge on any atom is -0.507 e. The number of hydrogen-bond acceptors (Lipinski definition) is 6. The fourth-order valence-corrected chi connectivity index (χ4v) is 5.71. The SMILES string of the molecule is C[C@@H]1Cc2cc(/C(O)=C3\C(=O)C(=O)N(c4nc5ccc(F)cc5s4)[C@@H]3c3ccccc3)ccc2O1. The number of ether oxygens (including phenoxy) is 1. The lowest BCUT2D eigenvalue weighted by Gasteiger charge is -2.23. The fourth-order valence-electron chi connectivity index (χ4n) is 4.69. The second kappa shape index (κ2) is 8.02. The number of rotatable bonds is 3. The van der Waals surface area contributed by atoms with E-state index in [1.165, 1.54) is 23.1 Å². The Balaban J connectivity index is 1.53. The number of aromatic nitrogens is 1. The van der Waals surface area contributed by atoms with Crippen molar-refractivity contribution in [1.82, 2.24) is 4.98 Å². The van der Waals surface area contributed by atoms with Crippen molar-refractivity contribution in [2.75, 3.05) is 4.90 Å². The molecule has 0 saturated carbocycles. The van der Waals surface area contributed by atoms with Crippen LogP contribution in [-0.4, -0.2) is 27.9 Å². The van der Waals surface area contributed by atoms with E-state index in [1.807, 2.05) is 13.0 Å². The summed E-state index contributed by atoms with van der Waals surface area (Å²) < 4.78 is 20.1. The number of hydrogen-bond donors (Lipinski definition) is 1. The Morgan fingerprint density at radius 2 is 1.91 bits per heavy atom. The molecule has 3 aromatic carbocycles. The van der Waals surface area contributed by atoms with Gasteiger partial charge in [-0.3, -0.25) is 14.5 Å². The molecular formula is C27H19FN2O4S. The van der Waals surface area contributed by atoms with Crippen LogP contribution >= 0.6 is 11.3 Å². The molecule has 174 valence electrons. The first-order chi connectivity index (χ1) is 16.9. The Labute approximate surface area is 203 Å². The fraction of sp³-hybridized carbons (Fsp3) is 0.148. The molecule has 3 heterocycles. The average molecular weight is 487 g/mol. The van der Waals surface area contributed by atoms with Gasteiger partial charge in [0.1, 0.15) is 23.4 Å². The van der Waals surface area contributed by atoms with Crippen molar-refractivity contribution in [3.05, 3.63) is 94.8 Å². The maximum Gasteiger partial charge on any atom is 0.301 e. The molecule has 6 nitrogen and oxygen atoms in total. The van der Waals surface area contributed by atoms with Gasteiger partial charge >= 0.3 is 5.91 Å². The second-order valence-electron chi connectivity index (χ2n) is 8.64. The highest BCUT2D eigenvalue weighted by atomic mass is 32.1. The molecular weight excluding hydrogens is 467 g/mol. The standard InChI is InChI=1S/C27H19FN2O4S/c1-14-11-17-12-16(7-10-20(17)34-14)24(31)22-23(15-5-3-2-4-6-15)30(26(33)25(22)32)27-29-19-9-8-18(28)13-21(19)35-27/h2-10,12-14,23,31H,11H2,1H3/b24-22+/t14-,23-/m1/s1. The lowest BCUT2D eigenvalue weighted by atomic mass is 9.94. The number of fused-ring (bicyclic) bond motifs is 2. The van der Waals surface area contributed by atoms with Crippen molar-refractivity contribution in [1.29, 1.82) is 0 Å². The zero-order valence-corrected chi connectivity index (χ0v) is 19.4. The van der Waals surface area contributed by atoms with Crippen LogP contribution in [0.4, 0.5) is 9.52 Å². The van der Waals surface area contributed by atoms with Crippen molar-refractivity contribution in [2.24, 2.45) is 0 Å². The van der Waals surface area contributed by atoms with Gasteiger partial charge in [0, 0.05) is 12.0 Å². The Hall–Kier alpha value is -4.04. The third kappa shape index (κ3) is 3.49. The number of amides is 1. The van der Waals surface area contributed by atoms with Gasteiger partial charge in [0.2, 0.25) is 0 Å². The third-order valence-electron chi connectivity index (χ3n) is 6.27. The van der Waals surface area contributed by atoms with Crippen molar-refractivity contribution in [3.63, 3.8) is 0 Å². The van der Waals surface area contributed by atoms with Crippen molar-refractivity contribution in [3.8, 4) is 5.75 Å². The predicted octanol–water partition coefficient (Wildman–Crippen LogP) is 5.39. The van der Waals surface area contributed by atoms with E-state index in [9.17, 15) is 19.1 Å². The molecule has 0 spiro atoms. The number of benzene rings is 3. The Morgan fingerprint density at radius 3 is 2.71 bits per heavy atom. The summed E-state index contributed by atoms with van der Waals surface area (Å²) in [5.41, 5.74) is 2.52. The quantitative estimate of drug-likeness (QED) is 0.239. The molecule has 8 heteroatoms. The first-order valence-electron chi connectivity index (χ1n) is 11.1. The normalized spacial score (nSPS) is 20.9. The Kier molecular flexibility index (Phi) is 4.93. The smallest absolute Gasteiger partial charge is 0.301 e. The molecule has 6 rings (SSSR count). The number of ketones is 1. The highest BCUT2D eigenvalue weighted by molar-refractivity contribution is 7.22. The van der Waals surface area contributed by atoms with E-state index in [2.05, 4.69) is 4.98 Å². The molecule has 2 atom stereocenters. The lowest BCUT2D eigenvalue weighted by Crippen LogP contribution is -2.29. The van der Waals surface area contributed by atoms with Crippen LogP contribution < -0.4 is 9.64 Å². The molecule has 1 saturated heterocycles. The van der Waals surface area contributed by atoms with Gasteiger partial charge in [-0.1, -0.05) is 41.7 Å². The number of anilines is 1. The molecule has 1 fully saturated rings. The van der Waals surface area contributed by atoms with Crippen LogP contribution in [-0.2, 0) is 16.0 Å². The summed E-state index contributed by atoms with van der Waals surface area (Å²) in [6.45, 7) is 1.96. The Bertz CT molecular complexity index is 1550. The molecule has 1 aromatic heterocycles. The maximum atomic E-state index is 13.8. The highest BCUT2D eigenvalue weighted by Crippen LogP contribution is 2.44. The largest absolute Gasteiger partial charge is 0.507 e. The van der Waals surface area contributed by atoms with Gasteiger partial charge in [0.05, 0.1) is 21.8 Å². The number of nitrogens with zero attached hydrogens (tertiary/aromatic N) is 2. The minimum absolute atomic E-state index is 0.0152. The van der Waals surface area contributed by atoms with E-state index in [0.717, 1.165) is 22.6 Å². The Morgan fingerprint density at radius 1 is 1.11 bits per heavy atom. The maximum absolute atomic E-state index is 13.8. The van der Waals surface area contributed by atoms with Gasteiger partial charge in [0.15, 0.2) is 5.13 Å². The summed E-state index contributed by atoms with van der Waals surface area (Å²) in [7, 11) is 0. The molecule has 4 aromatic rings. The summed E-state index contributed by atoms with van der Waals surface area (Å²) in [4.78, 5) is 32.4. The van der Waals surface area contributed by atoms with Crippen molar-refractivity contribution < 1.29 is 23.8 Å². The molecule has 0 bridgehead atoms. The summed E-state index contributed by atoms with van der Waals surface area (Å²) in [5.74, 6) is -1.51. The van der Waals surface area contributed by atoms with E-state index in [4.69, 9.17) is 4.74 Å². The van der Waals surface area contributed by atoms with Gasteiger partial charge in [-0.15, -0.1) is 0 Å². The zero-order chi connectivity index (χ0) is 24.3. The van der Waals surface area contributed by atoms with E-state index >= 15 is 0 Å². The van der Waals surface area contributed by atoms with Gasteiger partial charge < -0.3 is 9.84 Å². The van der Waals surface area contributed by atoms with Crippen molar-refractivity contribution in [2.45, 2.75) is 25.5 Å². The van der Waals surface area contributed by atoms with Gasteiger partial charge in [-0.05, 0) is 54.4 Å². The van der Waals surface area contributed by atoms with Crippen LogP contribution in [0.5, 0.6) is 5.75 Å². The van der Waals surface area contributed by atoms with Crippen LogP contribution in [0.1, 0.15) is 29.7 Å². The summed E-state index contributed by atoms with van der Waals surface area (Å²) in [6, 6.07) is 17.6. The summed E-state index contributed by atoms with van der Waals surface area (Å²) in [5, 5.41) is 11.6. The molecule has 0 unspecified atom stereocenters. The zero-order valence-electron chi connectivity index (χ0n) is 18.6. The number of aliphatic hydroxyl groups is 1. The average Bonchev–Trinajstić information content (AvgIpc) is 3.51. The second-order valence-corrected chi connectivity index (χ2v) is 9.65. The number of Topliss-reactive ketones (excluding diaryl/α,β-unsaturated/α-hetero) is 1. The first-order valence-corrected chi connectivity index (χ1v) is 11.9. The molecule has 2 aliphatic heterocycles. The summed E-state index contributed by atoms with van der Waals surface area (Å²) in [6.07, 6.45) is 0.719. The van der Waals surface area contributed by atoms with E-state index < -0.39 is 23.5 Å². The number of carbonyl (C=O) groups is 2. The van der Waals surface area contributed by atoms with Crippen LogP contribution in [0.15, 0.2) is 72.3 Å². The molecule has 1 N–H and O–H groups in total. The number of carbonyl (C=O) groups excluding carboxylic acids is 2. The molecule has 35 heavy (non-hydrogen) atoms. The van der Waals surface area contributed by atoms with Crippen LogP contribution in [0.25, 0.3) is 16.0 Å². The van der Waals surface area contributed by atoms with Gasteiger partial charge in [0.25, 0.3) is 5.78 Å². The van der Waals surface area contributed by atoms with Gasteiger partial charge in [-0.25, -0.2) is 9.37 Å². The highest BCUT2D eigenvalue weighted by Gasteiger charge is 2.48. The van der Waals surface area contributed by atoms with Crippen LogP contribution in [0, 0.1) is 5.82 Å². The first kappa shape index (κ1) is 21.5. The van der Waals surface area contributed by atoms with Crippen LogP contribution in [0.3, 0.4) is 0 Å². The molecule has 1 amide bonds. The lowest BCUT2D eigenvalue weighted by molar-refractivity contribution is -0.132. The van der Waals surface area contributed by atoms with E-state index in [1.54, 1.807) is 42.5 Å². The van der Waals surface area contributed by atoms with Gasteiger partial charge in [-0.2, -0.15) is 0 Å². The predicted molar refractivity (Wildman–Crippen MR) is 131 cm³/mol. The monoisotopic (exact) mass is 486 g/mol. The van der Waals surface area contributed by atoms with E-state index in [0.29, 0.717) is 27.8 Å². The molecule has 0 radical (unpaired) electrons. The number of halogens is 1. The third-order valence-corrected chi connectivity index (χ3v) is 7.29. The molecule has 0 aliphatic carbocycles. The van der Waals surface area contributed by atoms with Crippen molar-refractivity contribution >= 4 is 44.1 Å². The minimum atomic E-state index is -0.884. The van der Waals surface area contributed by atoms with E-state index in [-0.39, 0.29) is 22.6 Å².